The Morgan fingerprint density at radius 1 is 0.855 bits per heavy atom. The molecule has 4 aliphatic rings. The molecule has 3 aliphatic heterocycles. The quantitative estimate of drug-likeness (QED) is 0.104. The molecule has 1 aliphatic carbocycles. The summed E-state index contributed by atoms with van der Waals surface area (Å²) in [6.45, 7) is 15.9. The number of methoxy groups -OCH3 is 3. The fourth-order valence-corrected chi connectivity index (χ4v) is 11.4. The third-order valence-electron chi connectivity index (χ3n) is 14.8. The average Bonchev–Trinajstić information content (AvgIpc) is 3.30. The number of carbonyl (C=O) groups is 5. The predicted octanol–water partition coefficient (Wildman–Crippen LogP) is 7.74. The monoisotopic (exact) mass is 990 g/mol. The fraction of sp³-hybridized carbons (Fsp3) is 0.755. The van der Waals surface area contributed by atoms with Crippen molar-refractivity contribution >= 4 is 36.6 Å². The maximum absolute atomic E-state index is 14.5. The highest BCUT2D eigenvalue weighted by Gasteiger charge is 2.53. The van der Waals surface area contributed by atoms with E-state index < -0.39 is 85.1 Å². The summed E-state index contributed by atoms with van der Waals surface area (Å²) in [7, 11) is 1.76. The molecule has 3 fully saturated rings. The number of piperidine rings is 1. The molecule has 3 heterocycles. The van der Waals surface area contributed by atoms with Crippen molar-refractivity contribution < 1.29 is 67.0 Å². The number of aliphatic hydroxyl groups is 2. The highest BCUT2D eigenvalue weighted by Crippen LogP contribution is 2.45. The SMILES string of the molecule is CO[C@H]1CC2CC[C@@H](C)[C@@](O)(O2)C(=O)C(=O)N2CCCC[C@H]2C(=O)O[C@H]([C@H](C)C[C@@H]2CCC(OP(C)(C)=O)[C@H](OC)C2)CC(=O)[C@H](C)/C=C(\C)[C@@H](O)[C@@H](OC)C(=O)[C@H](C)C[C@H](C)/C=C/C=C/C=C/1C. The summed E-state index contributed by atoms with van der Waals surface area (Å²) in [5.41, 5.74) is 1.25. The molecule has 2 N–H and O–H groups in total. The number of allylic oxidation sites excluding steroid dienone is 6. The number of Topliss-reactive ketones (excluding diaryl/α,β-unsaturated/α-hetero) is 3. The molecule has 69 heavy (non-hydrogen) atoms. The zero-order valence-corrected chi connectivity index (χ0v) is 44.3. The van der Waals surface area contributed by atoms with Crippen molar-refractivity contribution in [1.82, 2.24) is 4.90 Å². The molecule has 0 aromatic rings. The van der Waals surface area contributed by atoms with E-state index in [2.05, 4.69) is 0 Å². The van der Waals surface area contributed by atoms with Crippen LogP contribution in [0.4, 0.5) is 0 Å². The lowest BCUT2D eigenvalue weighted by molar-refractivity contribution is -0.265. The first-order valence-corrected chi connectivity index (χ1v) is 27.7. The van der Waals surface area contributed by atoms with E-state index in [1.54, 1.807) is 54.4 Å². The number of ether oxygens (including phenoxy) is 5. The van der Waals surface area contributed by atoms with Crippen LogP contribution in [0.2, 0.25) is 0 Å². The molecule has 16 heteroatoms. The molecule has 0 spiro atoms. The van der Waals surface area contributed by atoms with Crippen LogP contribution in [0.3, 0.4) is 0 Å². The summed E-state index contributed by atoms with van der Waals surface area (Å²) in [4.78, 5) is 72.2. The zero-order chi connectivity index (χ0) is 51.4. The van der Waals surface area contributed by atoms with Crippen LogP contribution in [0.15, 0.2) is 47.6 Å². The topological polar surface area (TPSA) is 201 Å². The molecule has 4 rings (SSSR count). The van der Waals surface area contributed by atoms with Gasteiger partial charge in [0.25, 0.3) is 11.7 Å². The number of amides is 1. The Labute approximate surface area is 411 Å². The van der Waals surface area contributed by atoms with Gasteiger partial charge >= 0.3 is 5.97 Å². The Balaban J connectivity index is 1.70. The second-order valence-electron chi connectivity index (χ2n) is 20.9. The third-order valence-corrected chi connectivity index (χ3v) is 15.6. The maximum Gasteiger partial charge on any atom is 0.329 e. The summed E-state index contributed by atoms with van der Waals surface area (Å²) in [5.74, 6) is -8.11. The van der Waals surface area contributed by atoms with Crippen molar-refractivity contribution in [2.45, 2.75) is 180 Å². The largest absolute Gasteiger partial charge is 0.460 e. The second-order valence-corrected chi connectivity index (χ2v) is 23.6. The number of hydrogen-bond donors (Lipinski definition) is 2. The van der Waals surface area contributed by atoms with Gasteiger partial charge in [0.1, 0.15) is 30.1 Å². The van der Waals surface area contributed by atoms with E-state index in [4.69, 9.17) is 28.2 Å². The predicted molar refractivity (Wildman–Crippen MR) is 263 cm³/mol. The van der Waals surface area contributed by atoms with Gasteiger partial charge in [-0.15, -0.1) is 0 Å². The van der Waals surface area contributed by atoms with Crippen LogP contribution in [0.5, 0.6) is 0 Å². The van der Waals surface area contributed by atoms with Crippen LogP contribution in [0.25, 0.3) is 0 Å². The van der Waals surface area contributed by atoms with E-state index in [9.17, 15) is 38.8 Å². The van der Waals surface area contributed by atoms with E-state index in [-0.39, 0.29) is 60.9 Å². The lowest BCUT2D eigenvalue weighted by Gasteiger charge is -2.42. The first-order chi connectivity index (χ1) is 32.4. The van der Waals surface area contributed by atoms with Crippen LogP contribution in [-0.2, 0) is 56.7 Å². The first-order valence-electron chi connectivity index (χ1n) is 25.2. The van der Waals surface area contributed by atoms with E-state index in [1.165, 1.54) is 12.0 Å². The Kier molecular flexibility index (Phi) is 22.5. The Morgan fingerprint density at radius 2 is 1.57 bits per heavy atom. The minimum atomic E-state index is -2.79. The number of nitrogens with zero attached hydrogens (tertiary/aromatic N) is 1. The summed E-state index contributed by atoms with van der Waals surface area (Å²) < 4.78 is 48.2. The molecule has 15 nitrogen and oxygen atoms in total. The number of carbonyl (C=O) groups excluding carboxylic acids is 5. The highest BCUT2D eigenvalue weighted by atomic mass is 31.2. The standard InChI is InChI=1S/C53H84NO14P/c1-32-18-14-13-15-19-33(2)44(63-8)30-40-23-21-38(7)53(61,67-40)50(58)51(59)54-25-17-16-20-41(54)52(60)66-45(35(4)28-39-22-24-43(46(29-39)64-9)68-69(11,12)62)31-42(55)34(3)27-37(6)48(57)49(65-10)47(56)36(5)26-32/h13-15,18-19,27,32,34-36,38-41,43-46,48-49,57,61H,16-17,20-26,28-31H2,1-12H3/b15-13+,18-14+,33-19+,37-27+/t32-,34-,35-,36-,38-,39+,40?,41+,43?,44+,45+,46-,48-,49+,53-/m1/s1. The Hall–Kier alpha value is -3.14. The van der Waals surface area contributed by atoms with Crippen molar-refractivity contribution in [1.29, 1.82) is 0 Å². The van der Waals surface area contributed by atoms with Crippen molar-refractivity contribution in [2.24, 2.45) is 35.5 Å². The fourth-order valence-electron chi connectivity index (χ4n) is 10.5. The van der Waals surface area contributed by atoms with Gasteiger partial charge in [0.2, 0.25) is 5.79 Å². The van der Waals surface area contributed by atoms with Crippen LogP contribution >= 0.6 is 7.37 Å². The van der Waals surface area contributed by atoms with Gasteiger partial charge in [0.05, 0.1) is 24.4 Å². The maximum atomic E-state index is 14.5. The second kappa shape index (κ2) is 26.5. The molecule has 0 radical (unpaired) electrons. The third kappa shape index (κ3) is 16.2. The molecule has 2 unspecified atom stereocenters. The van der Waals surface area contributed by atoms with Gasteiger partial charge in [-0.1, -0.05) is 71.1 Å². The minimum absolute atomic E-state index is 0.0117. The number of hydrogen-bond acceptors (Lipinski definition) is 14. The number of esters is 1. The van der Waals surface area contributed by atoms with Crippen LogP contribution in [0.1, 0.15) is 126 Å². The zero-order valence-electron chi connectivity index (χ0n) is 43.4. The van der Waals surface area contributed by atoms with E-state index in [1.807, 2.05) is 58.1 Å². The molecule has 0 aromatic carbocycles. The van der Waals surface area contributed by atoms with Gasteiger partial charge in [0.15, 0.2) is 13.2 Å². The molecule has 15 atom stereocenters. The van der Waals surface area contributed by atoms with Gasteiger partial charge in [-0.05, 0) is 107 Å². The van der Waals surface area contributed by atoms with E-state index in [0.717, 1.165) is 12.0 Å². The highest BCUT2D eigenvalue weighted by molar-refractivity contribution is 7.57. The molecule has 2 saturated heterocycles. The number of rotatable bonds is 8. The first kappa shape index (κ1) is 58.4. The number of ketones is 3. The molecule has 1 amide bonds. The van der Waals surface area contributed by atoms with Crippen LogP contribution < -0.4 is 0 Å². The van der Waals surface area contributed by atoms with Gasteiger partial charge in [-0.3, -0.25) is 23.7 Å². The van der Waals surface area contributed by atoms with Crippen molar-refractivity contribution in [3.05, 3.63) is 47.6 Å². The molecule has 2 bridgehead atoms. The molecule has 1 saturated carbocycles. The van der Waals surface area contributed by atoms with Crippen molar-refractivity contribution in [3.63, 3.8) is 0 Å². The van der Waals surface area contributed by atoms with Crippen molar-refractivity contribution in [3.8, 4) is 0 Å². The van der Waals surface area contributed by atoms with E-state index >= 15 is 0 Å². The summed E-state index contributed by atoms with van der Waals surface area (Å²) >= 11 is 0. The van der Waals surface area contributed by atoms with E-state index in [0.29, 0.717) is 63.4 Å². The van der Waals surface area contributed by atoms with Crippen molar-refractivity contribution in [2.75, 3.05) is 41.2 Å². The molecule has 0 aromatic heterocycles. The summed E-state index contributed by atoms with van der Waals surface area (Å²) in [5, 5.41) is 23.5. The average molecular weight is 990 g/mol. The Morgan fingerprint density at radius 3 is 2.22 bits per heavy atom. The summed E-state index contributed by atoms with van der Waals surface area (Å²) in [6.07, 6.45) is 11.4. The lowest BCUT2D eigenvalue weighted by Crippen LogP contribution is -2.61. The molecule has 390 valence electrons. The number of cyclic esters (lactones) is 1. The van der Waals surface area contributed by atoms with Crippen LogP contribution in [-0.4, -0.2) is 140 Å². The molecular weight excluding hydrogens is 906 g/mol. The van der Waals surface area contributed by atoms with Gasteiger partial charge in [0, 0.05) is 71.8 Å². The van der Waals surface area contributed by atoms with Crippen LogP contribution in [0, 0.1) is 35.5 Å². The smallest absolute Gasteiger partial charge is 0.329 e. The summed E-state index contributed by atoms with van der Waals surface area (Å²) in [6, 6.07) is -1.16. The number of aliphatic hydroxyl groups excluding tert-OH is 1. The van der Waals surface area contributed by atoms with Gasteiger partial charge in [-0.25, -0.2) is 4.79 Å². The molecular formula is C53H84NO14P. The number of fused-ring (bicyclic) bond motifs is 3. The Bertz CT molecular complexity index is 1940. The minimum Gasteiger partial charge on any atom is -0.460 e. The van der Waals surface area contributed by atoms with Gasteiger partial charge in [-0.2, -0.15) is 0 Å². The van der Waals surface area contributed by atoms with Gasteiger partial charge < -0.3 is 43.3 Å². The lowest BCUT2D eigenvalue weighted by atomic mass is 9.78. The normalized spacial score (nSPS) is 39.0.